The minimum atomic E-state index is -0.354. The topological polar surface area (TPSA) is 72.4 Å². The molecule has 0 radical (unpaired) electrons. The Morgan fingerprint density at radius 2 is 2.04 bits per heavy atom. The molecule has 132 valence electrons. The molecule has 0 unspecified atom stereocenters. The van der Waals surface area contributed by atoms with E-state index in [1.807, 2.05) is 48.1 Å². The van der Waals surface area contributed by atoms with E-state index in [0.29, 0.717) is 18.5 Å². The minimum absolute atomic E-state index is 0.00837. The number of esters is 1. The maximum atomic E-state index is 11.8. The highest BCUT2D eigenvalue weighted by Crippen LogP contribution is 2.39. The Morgan fingerprint density at radius 1 is 1.19 bits per heavy atom. The van der Waals surface area contributed by atoms with E-state index in [1.54, 1.807) is 6.07 Å². The Kier molecular flexibility index (Phi) is 3.88. The lowest BCUT2D eigenvalue weighted by Crippen LogP contribution is -2.10. The van der Waals surface area contributed by atoms with Crippen molar-refractivity contribution in [2.24, 2.45) is 7.05 Å². The smallest absolute Gasteiger partial charge is 0.337 e. The lowest BCUT2D eigenvalue weighted by molar-refractivity contribution is -0.115. The van der Waals surface area contributed by atoms with Crippen LogP contribution < -0.4 is 10.6 Å². The summed E-state index contributed by atoms with van der Waals surface area (Å²) in [7, 11) is 3.33. The molecule has 1 aliphatic heterocycles. The molecule has 0 spiro atoms. The minimum Gasteiger partial charge on any atom is -0.465 e. The fourth-order valence-electron chi connectivity index (χ4n) is 3.43. The zero-order chi connectivity index (χ0) is 18.3. The fourth-order valence-corrected chi connectivity index (χ4v) is 3.43. The molecule has 6 heteroatoms. The number of ether oxygens (including phenoxy) is 1. The van der Waals surface area contributed by atoms with Gasteiger partial charge in [-0.2, -0.15) is 0 Å². The number of aryl methyl sites for hydroxylation is 1. The molecule has 1 aliphatic rings. The van der Waals surface area contributed by atoms with Crippen LogP contribution >= 0.6 is 0 Å². The number of carbonyl (C=O) groups is 2. The molecule has 0 saturated heterocycles. The first kappa shape index (κ1) is 16.2. The summed E-state index contributed by atoms with van der Waals surface area (Å²) in [4.78, 5) is 23.7. The van der Waals surface area contributed by atoms with Crippen LogP contribution in [0.4, 0.5) is 11.4 Å². The average molecular weight is 349 g/mol. The third-order valence-electron chi connectivity index (χ3n) is 4.69. The predicted molar refractivity (Wildman–Crippen MR) is 101 cm³/mol. The van der Waals surface area contributed by atoms with Crippen LogP contribution in [0.25, 0.3) is 22.0 Å². The van der Waals surface area contributed by atoms with Crippen LogP contribution in [0.2, 0.25) is 0 Å². The number of hydrogen-bond acceptors (Lipinski definition) is 4. The summed E-state index contributed by atoms with van der Waals surface area (Å²) in [6, 6.07) is 11.4. The Bertz CT molecular complexity index is 1040. The molecule has 0 saturated carbocycles. The molecular weight excluding hydrogens is 330 g/mol. The average Bonchev–Trinajstić information content (AvgIpc) is 2.84. The van der Waals surface area contributed by atoms with Gasteiger partial charge in [0.05, 0.1) is 24.0 Å². The second-order valence-electron chi connectivity index (χ2n) is 6.33. The van der Waals surface area contributed by atoms with Crippen molar-refractivity contribution >= 4 is 34.2 Å². The maximum absolute atomic E-state index is 11.8. The third kappa shape index (κ3) is 2.60. The summed E-state index contributed by atoms with van der Waals surface area (Å²) >= 11 is 0. The zero-order valence-corrected chi connectivity index (χ0v) is 14.6. The van der Waals surface area contributed by atoms with Crippen molar-refractivity contribution in [1.82, 2.24) is 4.57 Å². The van der Waals surface area contributed by atoms with Gasteiger partial charge >= 0.3 is 5.97 Å². The Balaban J connectivity index is 1.89. The summed E-state index contributed by atoms with van der Waals surface area (Å²) in [5.74, 6) is -0.346. The van der Waals surface area contributed by atoms with Gasteiger partial charge in [0.2, 0.25) is 5.91 Å². The summed E-state index contributed by atoms with van der Waals surface area (Å²) < 4.78 is 6.81. The molecule has 2 N–H and O–H groups in total. The molecule has 6 nitrogen and oxygen atoms in total. The van der Waals surface area contributed by atoms with Gasteiger partial charge in [-0.1, -0.05) is 18.2 Å². The number of methoxy groups -OCH3 is 1. The number of anilines is 2. The lowest BCUT2D eigenvalue weighted by Gasteiger charge is -2.13. The molecule has 1 aromatic heterocycles. The first-order valence-electron chi connectivity index (χ1n) is 8.43. The number of para-hydroxylation sites is 1. The zero-order valence-electron chi connectivity index (χ0n) is 14.6. The van der Waals surface area contributed by atoms with Crippen LogP contribution in [-0.4, -0.2) is 30.1 Å². The van der Waals surface area contributed by atoms with E-state index < -0.39 is 0 Å². The Morgan fingerprint density at radius 3 is 2.85 bits per heavy atom. The molecule has 0 atom stereocenters. The van der Waals surface area contributed by atoms with E-state index in [-0.39, 0.29) is 11.9 Å². The second-order valence-corrected chi connectivity index (χ2v) is 6.33. The van der Waals surface area contributed by atoms with Crippen molar-refractivity contribution in [2.75, 3.05) is 24.3 Å². The summed E-state index contributed by atoms with van der Waals surface area (Å²) in [6.45, 7) is 0.590. The van der Waals surface area contributed by atoms with Crippen molar-refractivity contribution in [3.63, 3.8) is 0 Å². The van der Waals surface area contributed by atoms with Gasteiger partial charge in [0, 0.05) is 48.2 Å². The number of amides is 1. The second kappa shape index (κ2) is 6.22. The van der Waals surface area contributed by atoms with E-state index in [0.717, 1.165) is 33.4 Å². The largest absolute Gasteiger partial charge is 0.465 e. The molecule has 0 fully saturated rings. The van der Waals surface area contributed by atoms with Gasteiger partial charge in [0.15, 0.2) is 0 Å². The predicted octanol–water partition coefficient (Wildman–Crippen LogP) is 3.39. The molecule has 1 amide bonds. The van der Waals surface area contributed by atoms with Crippen LogP contribution in [0.1, 0.15) is 16.8 Å². The van der Waals surface area contributed by atoms with Crippen molar-refractivity contribution < 1.29 is 14.3 Å². The number of rotatable bonds is 2. The molecule has 2 heterocycles. The number of benzene rings is 2. The van der Waals surface area contributed by atoms with Gasteiger partial charge in [0.25, 0.3) is 0 Å². The van der Waals surface area contributed by atoms with E-state index in [4.69, 9.17) is 4.74 Å². The van der Waals surface area contributed by atoms with Crippen LogP contribution in [-0.2, 0) is 16.6 Å². The first-order chi connectivity index (χ1) is 12.6. The van der Waals surface area contributed by atoms with Crippen molar-refractivity contribution in [3.05, 3.63) is 48.2 Å². The summed E-state index contributed by atoms with van der Waals surface area (Å²) in [6.07, 6.45) is 2.47. The number of hydrogen-bond donors (Lipinski definition) is 2. The molecular formula is C20H19N3O3. The Hall–Kier alpha value is -3.28. The normalized spacial score (nSPS) is 13.5. The summed E-state index contributed by atoms with van der Waals surface area (Å²) in [5, 5.41) is 7.35. The monoisotopic (exact) mass is 349 g/mol. The SMILES string of the molecule is COC(=O)c1ccc2c(-c3cccc4c3NCCC(=O)N4)cn(C)c2c1. The highest BCUT2D eigenvalue weighted by molar-refractivity contribution is 6.06. The van der Waals surface area contributed by atoms with E-state index in [1.165, 1.54) is 7.11 Å². The first-order valence-corrected chi connectivity index (χ1v) is 8.43. The van der Waals surface area contributed by atoms with Crippen molar-refractivity contribution in [2.45, 2.75) is 6.42 Å². The Labute approximate surface area is 150 Å². The maximum Gasteiger partial charge on any atom is 0.337 e. The van der Waals surface area contributed by atoms with Crippen LogP contribution in [0.15, 0.2) is 42.6 Å². The van der Waals surface area contributed by atoms with E-state index in [9.17, 15) is 9.59 Å². The molecule has 0 bridgehead atoms. The third-order valence-corrected chi connectivity index (χ3v) is 4.69. The molecule has 0 aliphatic carbocycles. The van der Waals surface area contributed by atoms with E-state index in [2.05, 4.69) is 10.6 Å². The number of carbonyl (C=O) groups excluding carboxylic acids is 2. The lowest BCUT2D eigenvalue weighted by atomic mass is 10.0. The molecule has 4 rings (SSSR count). The molecule has 2 aromatic carbocycles. The molecule has 26 heavy (non-hydrogen) atoms. The molecule has 3 aromatic rings. The van der Waals surface area contributed by atoms with Gasteiger partial charge in [-0.3, -0.25) is 4.79 Å². The van der Waals surface area contributed by atoms with E-state index >= 15 is 0 Å². The highest BCUT2D eigenvalue weighted by Gasteiger charge is 2.19. The van der Waals surface area contributed by atoms with Crippen LogP contribution in [0.3, 0.4) is 0 Å². The fraction of sp³-hybridized carbons (Fsp3) is 0.200. The van der Waals surface area contributed by atoms with Gasteiger partial charge < -0.3 is 19.9 Å². The number of fused-ring (bicyclic) bond motifs is 2. The van der Waals surface area contributed by atoms with Crippen LogP contribution in [0.5, 0.6) is 0 Å². The quantitative estimate of drug-likeness (QED) is 0.696. The van der Waals surface area contributed by atoms with Crippen molar-refractivity contribution in [1.29, 1.82) is 0 Å². The summed E-state index contributed by atoms with van der Waals surface area (Å²) in [5.41, 5.74) is 5.22. The highest BCUT2D eigenvalue weighted by atomic mass is 16.5. The number of nitrogens with zero attached hydrogens (tertiary/aromatic N) is 1. The van der Waals surface area contributed by atoms with Gasteiger partial charge in [0.1, 0.15) is 0 Å². The number of nitrogens with one attached hydrogen (secondary N) is 2. The van der Waals surface area contributed by atoms with Gasteiger partial charge in [-0.25, -0.2) is 4.79 Å². The van der Waals surface area contributed by atoms with Crippen molar-refractivity contribution in [3.8, 4) is 11.1 Å². The standard InChI is InChI=1S/C20H19N3O3/c1-23-11-15(13-7-6-12(10-17(13)23)20(25)26-2)14-4-3-5-16-19(14)21-9-8-18(24)22-16/h3-7,10-11,21H,8-9H2,1-2H3,(H,22,24). The van der Waals surface area contributed by atoms with Gasteiger partial charge in [-0.15, -0.1) is 0 Å². The van der Waals surface area contributed by atoms with Crippen LogP contribution in [0, 0.1) is 0 Å². The van der Waals surface area contributed by atoms with Gasteiger partial charge in [-0.05, 0) is 18.2 Å². The number of aromatic nitrogens is 1.